The SMILES string of the molecule is COCCOC1CC(CO)CN(c2cc(-c3cnc(/C=C\C(=N)C(F)F)[nH]3)ncn2)C1.CS. The zero-order valence-corrected chi connectivity index (χ0v) is 19.5. The lowest BCUT2D eigenvalue weighted by Crippen LogP contribution is -2.46. The number of thiol groups is 1. The first kappa shape index (κ1) is 26.8. The van der Waals surface area contributed by atoms with Crippen LogP contribution in [0.3, 0.4) is 0 Å². The molecule has 0 amide bonds. The van der Waals surface area contributed by atoms with Gasteiger partial charge in [0.1, 0.15) is 18.0 Å². The first-order valence-corrected chi connectivity index (χ1v) is 11.2. The zero-order valence-electron chi connectivity index (χ0n) is 18.6. The third-order valence-electron chi connectivity index (χ3n) is 4.90. The van der Waals surface area contributed by atoms with Crippen LogP contribution in [0.25, 0.3) is 17.5 Å². The Morgan fingerprint density at radius 2 is 2.12 bits per heavy atom. The molecule has 0 radical (unpaired) electrons. The van der Waals surface area contributed by atoms with Crippen LogP contribution in [0.4, 0.5) is 14.6 Å². The van der Waals surface area contributed by atoms with Crippen molar-refractivity contribution >= 4 is 30.2 Å². The zero-order chi connectivity index (χ0) is 24.2. The number of alkyl halides is 2. The number of imidazole rings is 1. The van der Waals surface area contributed by atoms with E-state index in [-0.39, 0.29) is 18.6 Å². The maximum atomic E-state index is 12.4. The van der Waals surface area contributed by atoms with Crippen molar-refractivity contribution in [3.63, 3.8) is 0 Å². The molecule has 1 fully saturated rings. The normalized spacial score (nSPS) is 18.5. The first-order valence-electron chi connectivity index (χ1n) is 10.3. The molecule has 0 spiro atoms. The van der Waals surface area contributed by atoms with Crippen LogP contribution >= 0.6 is 12.6 Å². The number of methoxy groups -OCH3 is 1. The topological polar surface area (TPSA) is 120 Å². The summed E-state index contributed by atoms with van der Waals surface area (Å²) in [6.07, 6.45) is 4.89. The number of H-pyrrole nitrogens is 1. The molecular weight excluding hydrogens is 454 g/mol. The molecule has 3 N–H and O–H groups in total. The Kier molecular flexibility index (Phi) is 11.4. The van der Waals surface area contributed by atoms with Gasteiger partial charge in [0.15, 0.2) is 0 Å². The Balaban J connectivity index is 0.00000187. The minimum atomic E-state index is -2.83. The van der Waals surface area contributed by atoms with E-state index in [1.165, 1.54) is 12.4 Å². The highest BCUT2D eigenvalue weighted by atomic mass is 32.1. The third-order valence-corrected chi connectivity index (χ3v) is 4.90. The number of aliphatic hydroxyl groups is 1. The average molecular weight is 485 g/mol. The number of nitrogens with one attached hydrogen (secondary N) is 2. The van der Waals surface area contributed by atoms with Gasteiger partial charge in [-0.05, 0) is 24.8 Å². The minimum absolute atomic E-state index is 0.0477. The number of hydrogen-bond acceptors (Lipinski definition) is 9. The van der Waals surface area contributed by atoms with Crippen molar-refractivity contribution in [1.82, 2.24) is 19.9 Å². The fraction of sp³-hybridized carbons (Fsp3) is 0.524. The predicted molar refractivity (Wildman–Crippen MR) is 126 cm³/mol. The summed E-state index contributed by atoms with van der Waals surface area (Å²) in [5, 5.41) is 16.9. The largest absolute Gasteiger partial charge is 0.396 e. The fourth-order valence-electron chi connectivity index (χ4n) is 3.35. The second-order valence-corrected chi connectivity index (χ2v) is 7.21. The Hall–Kier alpha value is -2.41. The third kappa shape index (κ3) is 8.14. The van der Waals surface area contributed by atoms with E-state index in [0.717, 1.165) is 12.5 Å². The number of allylic oxidation sites excluding steroid dienone is 1. The van der Waals surface area contributed by atoms with Gasteiger partial charge in [0, 0.05) is 38.8 Å². The Bertz CT molecular complexity index is 898. The van der Waals surface area contributed by atoms with Gasteiger partial charge in [-0.3, -0.25) is 5.41 Å². The van der Waals surface area contributed by atoms with Crippen molar-refractivity contribution in [1.29, 1.82) is 5.41 Å². The second-order valence-electron chi connectivity index (χ2n) is 7.21. The molecule has 2 unspecified atom stereocenters. The number of piperidine rings is 1. The van der Waals surface area contributed by atoms with E-state index in [2.05, 4.69) is 32.6 Å². The number of anilines is 1. The maximum absolute atomic E-state index is 12.4. The molecule has 0 bridgehead atoms. The van der Waals surface area contributed by atoms with Crippen molar-refractivity contribution in [2.24, 2.45) is 5.92 Å². The number of aliphatic hydroxyl groups excluding tert-OH is 1. The average Bonchev–Trinajstić information content (AvgIpc) is 3.33. The maximum Gasteiger partial charge on any atom is 0.279 e. The number of aromatic nitrogens is 4. The molecule has 182 valence electrons. The minimum Gasteiger partial charge on any atom is -0.396 e. The molecule has 1 aliphatic rings. The predicted octanol–water partition coefficient (Wildman–Crippen LogP) is 2.56. The molecule has 1 aliphatic heterocycles. The first-order chi connectivity index (χ1) is 16.0. The number of halogens is 2. The Morgan fingerprint density at radius 3 is 2.82 bits per heavy atom. The number of nitrogens with zero attached hydrogens (tertiary/aromatic N) is 4. The number of hydrogen-bond donors (Lipinski definition) is 4. The number of aromatic amines is 1. The van der Waals surface area contributed by atoms with Gasteiger partial charge in [-0.1, -0.05) is 0 Å². The van der Waals surface area contributed by atoms with Crippen molar-refractivity contribution < 1.29 is 23.4 Å². The standard InChI is InChI=1S/C20H26F2N6O3.CH4S/c1-30-4-5-31-14-6-13(11-29)9-28(10-14)19-7-16(25-12-26-19)17-8-24-18(27-17)3-2-15(23)20(21)22;1-2/h2-3,7-8,12-14,20,23,29H,4-6,9-11H2,1H3,(H,24,27);2H,1H3/b3-2-,23-15?;. The number of rotatable bonds is 10. The van der Waals surface area contributed by atoms with Gasteiger partial charge in [-0.15, -0.1) is 0 Å². The smallest absolute Gasteiger partial charge is 0.279 e. The lowest BCUT2D eigenvalue weighted by molar-refractivity contribution is -0.00406. The van der Waals surface area contributed by atoms with Gasteiger partial charge in [0.05, 0.1) is 42.6 Å². The molecule has 3 heterocycles. The van der Waals surface area contributed by atoms with Crippen LogP contribution in [-0.2, 0) is 9.47 Å². The highest BCUT2D eigenvalue weighted by Crippen LogP contribution is 2.26. The number of ether oxygens (including phenoxy) is 2. The van der Waals surface area contributed by atoms with Gasteiger partial charge in [-0.2, -0.15) is 12.6 Å². The van der Waals surface area contributed by atoms with Gasteiger partial charge in [0.2, 0.25) is 0 Å². The van der Waals surface area contributed by atoms with Crippen molar-refractivity contribution in [3.8, 4) is 11.4 Å². The molecule has 1 saturated heterocycles. The fourth-order valence-corrected chi connectivity index (χ4v) is 3.35. The Morgan fingerprint density at radius 1 is 1.33 bits per heavy atom. The molecule has 3 rings (SSSR count). The summed E-state index contributed by atoms with van der Waals surface area (Å²) in [5.74, 6) is 1.09. The summed E-state index contributed by atoms with van der Waals surface area (Å²) in [6.45, 7) is 2.32. The van der Waals surface area contributed by atoms with Gasteiger partial charge < -0.3 is 24.5 Å². The summed E-state index contributed by atoms with van der Waals surface area (Å²) in [7, 11) is 1.62. The van der Waals surface area contributed by atoms with Gasteiger partial charge >= 0.3 is 0 Å². The van der Waals surface area contributed by atoms with Crippen molar-refractivity contribution in [2.75, 3.05) is 51.2 Å². The summed E-state index contributed by atoms with van der Waals surface area (Å²) < 4.78 is 35.8. The van der Waals surface area contributed by atoms with Crippen LogP contribution in [0.1, 0.15) is 12.2 Å². The highest BCUT2D eigenvalue weighted by molar-refractivity contribution is 7.79. The monoisotopic (exact) mass is 484 g/mol. The quantitative estimate of drug-likeness (QED) is 0.232. The molecule has 0 aliphatic carbocycles. The van der Waals surface area contributed by atoms with E-state index in [0.29, 0.717) is 49.3 Å². The van der Waals surface area contributed by atoms with E-state index in [4.69, 9.17) is 14.9 Å². The highest BCUT2D eigenvalue weighted by Gasteiger charge is 2.28. The van der Waals surface area contributed by atoms with Gasteiger partial charge in [-0.25, -0.2) is 23.7 Å². The van der Waals surface area contributed by atoms with Crippen LogP contribution in [0.5, 0.6) is 0 Å². The van der Waals surface area contributed by atoms with E-state index in [1.807, 2.05) is 4.90 Å². The molecule has 33 heavy (non-hydrogen) atoms. The molecule has 12 heteroatoms. The summed E-state index contributed by atoms with van der Waals surface area (Å²) in [6, 6.07) is 1.80. The molecule has 9 nitrogen and oxygen atoms in total. The molecular formula is C21H30F2N6O3S. The van der Waals surface area contributed by atoms with Crippen LogP contribution < -0.4 is 4.90 Å². The lowest BCUT2D eigenvalue weighted by atomic mass is 9.96. The van der Waals surface area contributed by atoms with E-state index < -0.39 is 12.1 Å². The van der Waals surface area contributed by atoms with Crippen LogP contribution in [-0.4, -0.2) is 89.6 Å². The molecule has 2 aromatic rings. The molecule has 2 atom stereocenters. The molecule has 2 aromatic heterocycles. The van der Waals surface area contributed by atoms with E-state index in [9.17, 15) is 13.9 Å². The van der Waals surface area contributed by atoms with E-state index >= 15 is 0 Å². The van der Waals surface area contributed by atoms with Crippen molar-refractivity contribution in [2.45, 2.75) is 19.0 Å². The van der Waals surface area contributed by atoms with Gasteiger partial charge in [0.25, 0.3) is 6.43 Å². The summed E-state index contributed by atoms with van der Waals surface area (Å²) >= 11 is 3.53. The summed E-state index contributed by atoms with van der Waals surface area (Å²) in [5.41, 5.74) is 0.396. The lowest BCUT2D eigenvalue weighted by Gasteiger charge is -2.37. The van der Waals surface area contributed by atoms with E-state index in [1.54, 1.807) is 25.6 Å². The van der Waals surface area contributed by atoms with Crippen LogP contribution in [0.2, 0.25) is 0 Å². The molecule has 0 aromatic carbocycles. The van der Waals surface area contributed by atoms with Crippen LogP contribution in [0, 0.1) is 11.3 Å². The van der Waals surface area contributed by atoms with Crippen molar-refractivity contribution in [3.05, 3.63) is 30.5 Å². The second kappa shape index (κ2) is 14.0. The summed E-state index contributed by atoms with van der Waals surface area (Å²) in [4.78, 5) is 17.8. The van der Waals surface area contributed by atoms with Crippen LogP contribution in [0.15, 0.2) is 24.7 Å². The Labute approximate surface area is 197 Å². The molecule has 0 saturated carbocycles.